The van der Waals surface area contributed by atoms with Gasteiger partial charge in [-0.05, 0) is 19.3 Å². The number of rotatable bonds is 8. The number of thiazole rings is 1. The molecule has 0 spiro atoms. The molecule has 1 rings (SSSR count). The number of esters is 1. The Bertz CT molecular complexity index is 362. The molecular formula is C12H17NO3S. The van der Waals surface area contributed by atoms with E-state index >= 15 is 0 Å². The monoisotopic (exact) mass is 255 g/mol. The molecule has 0 bridgehead atoms. The Labute approximate surface area is 105 Å². The third-order valence-electron chi connectivity index (χ3n) is 2.55. The second-order valence-corrected chi connectivity index (χ2v) is 4.66. The molecule has 0 fully saturated rings. The largest absolute Gasteiger partial charge is 0.469 e. The summed E-state index contributed by atoms with van der Waals surface area (Å²) in [6.45, 7) is 0. The van der Waals surface area contributed by atoms with Gasteiger partial charge in [-0.15, -0.1) is 11.3 Å². The minimum atomic E-state index is -0.146. The number of methoxy groups -OCH3 is 1. The summed E-state index contributed by atoms with van der Waals surface area (Å²) in [5.74, 6) is -0.146. The van der Waals surface area contributed by atoms with Crippen LogP contribution < -0.4 is 0 Å². The fourth-order valence-electron chi connectivity index (χ4n) is 1.58. The third-order valence-corrected chi connectivity index (χ3v) is 3.35. The number of aromatic nitrogens is 1. The number of ether oxygens (including phenoxy) is 1. The van der Waals surface area contributed by atoms with Crippen LogP contribution in [0.1, 0.15) is 47.5 Å². The van der Waals surface area contributed by atoms with Crippen LogP contribution in [0.4, 0.5) is 0 Å². The van der Waals surface area contributed by atoms with Crippen LogP contribution in [-0.2, 0) is 16.0 Å². The number of aldehydes is 1. The molecule has 0 aliphatic rings. The van der Waals surface area contributed by atoms with Crippen molar-refractivity contribution in [3.8, 4) is 0 Å². The van der Waals surface area contributed by atoms with Crippen molar-refractivity contribution < 1.29 is 14.3 Å². The fraction of sp³-hybridized carbons (Fsp3) is 0.583. The quantitative estimate of drug-likeness (QED) is 0.407. The number of hydrogen-bond acceptors (Lipinski definition) is 5. The number of unbranched alkanes of at least 4 members (excludes halogenated alkanes) is 3. The van der Waals surface area contributed by atoms with Gasteiger partial charge in [-0.2, -0.15) is 0 Å². The van der Waals surface area contributed by atoms with Crippen molar-refractivity contribution in [2.45, 2.75) is 38.5 Å². The summed E-state index contributed by atoms with van der Waals surface area (Å²) in [5.41, 5.74) is 2.61. The highest BCUT2D eigenvalue weighted by Gasteiger charge is 2.04. The first-order valence-electron chi connectivity index (χ1n) is 5.72. The van der Waals surface area contributed by atoms with Gasteiger partial charge in [0.05, 0.1) is 23.2 Å². The minimum absolute atomic E-state index is 0.146. The zero-order valence-corrected chi connectivity index (χ0v) is 10.8. The standard InChI is InChI=1S/C12H17NO3S/c1-16-12(15)7-5-3-2-4-6-10-11(8-14)17-9-13-10/h8-9H,2-7H2,1H3. The zero-order valence-electron chi connectivity index (χ0n) is 9.98. The van der Waals surface area contributed by atoms with Crippen LogP contribution in [0.2, 0.25) is 0 Å². The highest BCUT2D eigenvalue weighted by molar-refractivity contribution is 7.11. The van der Waals surface area contributed by atoms with E-state index in [1.807, 2.05) is 0 Å². The fourth-order valence-corrected chi connectivity index (χ4v) is 2.22. The maximum Gasteiger partial charge on any atom is 0.305 e. The van der Waals surface area contributed by atoms with Crippen molar-refractivity contribution in [1.82, 2.24) is 4.98 Å². The van der Waals surface area contributed by atoms with Gasteiger partial charge in [0.1, 0.15) is 0 Å². The Morgan fingerprint density at radius 1 is 1.41 bits per heavy atom. The molecule has 0 atom stereocenters. The molecule has 5 heteroatoms. The van der Waals surface area contributed by atoms with Crippen molar-refractivity contribution in [3.63, 3.8) is 0 Å². The van der Waals surface area contributed by atoms with Gasteiger partial charge in [-0.3, -0.25) is 9.59 Å². The van der Waals surface area contributed by atoms with Gasteiger partial charge in [0.2, 0.25) is 0 Å². The highest BCUT2D eigenvalue weighted by Crippen LogP contribution is 2.14. The number of aryl methyl sites for hydroxylation is 1. The Morgan fingerprint density at radius 3 is 2.88 bits per heavy atom. The van der Waals surface area contributed by atoms with Gasteiger partial charge >= 0.3 is 5.97 Å². The van der Waals surface area contributed by atoms with Gasteiger partial charge in [-0.25, -0.2) is 4.98 Å². The molecule has 1 aromatic rings. The van der Waals surface area contributed by atoms with E-state index in [9.17, 15) is 9.59 Å². The lowest BCUT2D eigenvalue weighted by molar-refractivity contribution is -0.140. The number of carbonyl (C=O) groups is 2. The summed E-state index contributed by atoms with van der Waals surface area (Å²) in [6, 6.07) is 0. The van der Waals surface area contributed by atoms with Crippen LogP contribution >= 0.6 is 11.3 Å². The molecule has 0 aliphatic heterocycles. The maximum absolute atomic E-state index is 10.8. The molecule has 0 saturated carbocycles. The van der Waals surface area contributed by atoms with Crippen LogP contribution in [0.3, 0.4) is 0 Å². The topological polar surface area (TPSA) is 56.3 Å². The van der Waals surface area contributed by atoms with Gasteiger partial charge in [0.15, 0.2) is 6.29 Å². The Kier molecular flexibility index (Phi) is 6.47. The van der Waals surface area contributed by atoms with E-state index in [2.05, 4.69) is 9.72 Å². The zero-order chi connectivity index (χ0) is 12.5. The molecule has 94 valence electrons. The lowest BCUT2D eigenvalue weighted by atomic mass is 10.1. The van der Waals surface area contributed by atoms with E-state index in [4.69, 9.17) is 0 Å². The predicted molar refractivity (Wildman–Crippen MR) is 66.3 cm³/mol. The molecule has 0 radical (unpaired) electrons. The maximum atomic E-state index is 10.8. The summed E-state index contributed by atoms with van der Waals surface area (Å²) < 4.78 is 4.56. The summed E-state index contributed by atoms with van der Waals surface area (Å²) >= 11 is 1.38. The van der Waals surface area contributed by atoms with Crippen molar-refractivity contribution >= 4 is 23.6 Å². The second kappa shape index (κ2) is 7.95. The van der Waals surface area contributed by atoms with Crippen LogP contribution in [-0.4, -0.2) is 24.3 Å². The first kappa shape index (κ1) is 13.8. The lowest BCUT2D eigenvalue weighted by Crippen LogP contribution is -1.99. The number of nitrogens with zero attached hydrogens (tertiary/aromatic N) is 1. The normalized spacial score (nSPS) is 10.2. The molecule has 4 nitrogen and oxygen atoms in total. The SMILES string of the molecule is COC(=O)CCCCCCc1ncsc1C=O. The molecule has 17 heavy (non-hydrogen) atoms. The van der Waals surface area contributed by atoms with Crippen LogP contribution in [0.15, 0.2) is 5.51 Å². The van der Waals surface area contributed by atoms with Gasteiger partial charge in [-0.1, -0.05) is 12.8 Å². The first-order chi connectivity index (χ1) is 8.27. The average Bonchev–Trinajstić information content (AvgIpc) is 2.80. The molecule has 0 saturated heterocycles. The van der Waals surface area contributed by atoms with E-state index in [0.29, 0.717) is 6.42 Å². The number of carbonyl (C=O) groups excluding carboxylic acids is 2. The summed E-state index contributed by atoms with van der Waals surface area (Å²) in [7, 11) is 1.41. The van der Waals surface area contributed by atoms with Crippen molar-refractivity contribution in [2.24, 2.45) is 0 Å². The molecule has 0 amide bonds. The molecule has 0 unspecified atom stereocenters. The van der Waals surface area contributed by atoms with Gasteiger partial charge in [0, 0.05) is 6.42 Å². The van der Waals surface area contributed by atoms with E-state index in [1.54, 1.807) is 5.51 Å². The molecule has 0 aromatic carbocycles. The lowest BCUT2D eigenvalue weighted by Gasteiger charge is -2.00. The smallest absolute Gasteiger partial charge is 0.305 e. The molecule has 0 aliphatic carbocycles. The van der Waals surface area contributed by atoms with E-state index in [-0.39, 0.29) is 5.97 Å². The third kappa shape index (κ3) is 5.08. The van der Waals surface area contributed by atoms with E-state index in [0.717, 1.165) is 49.0 Å². The molecule has 1 aromatic heterocycles. The molecule has 0 N–H and O–H groups in total. The summed E-state index contributed by atoms with van der Waals surface area (Å²) in [5, 5.41) is 0. The first-order valence-corrected chi connectivity index (χ1v) is 6.60. The van der Waals surface area contributed by atoms with Crippen molar-refractivity contribution in [1.29, 1.82) is 0 Å². The van der Waals surface area contributed by atoms with Crippen molar-refractivity contribution in [2.75, 3.05) is 7.11 Å². The van der Waals surface area contributed by atoms with E-state index < -0.39 is 0 Å². The molecular weight excluding hydrogens is 238 g/mol. The Balaban J connectivity index is 2.08. The second-order valence-electron chi connectivity index (χ2n) is 3.77. The average molecular weight is 255 g/mol. The highest BCUT2D eigenvalue weighted by atomic mass is 32.1. The molecule has 1 heterocycles. The number of hydrogen-bond donors (Lipinski definition) is 0. The van der Waals surface area contributed by atoms with E-state index in [1.165, 1.54) is 18.4 Å². The Hall–Kier alpha value is -1.23. The minimum Gasteiger partial charge on any atom is -0.469 e. The summed E-state index contributed by atoms with van der Waals surface area (Å²) in [4.78, 5) is 26.4. The van der Waals surface area contributed by atoms with Gasteiger partial charge in [0.25, 0.3) is 0 Å². The Morgan fingerprint density at radius 2 is 2.18 bits per heavy atom. The van der Waals surface area contributed by atoms with Crippen LogP contribution in [0, 0.1) is 0 Å². The predicted octanol–water partition coefficient (Wildman–Crippen LogP) is 2.62. The summed E-state index contributed by atoms with van der Waals surface area (Å²) in [6.07, 6.45) is 6.13. The van der Waals surface area contributed by atoms with Crippen LogP contribution in [0.25, 0.3) is 0 Å². The van der Waals surface area contributed by atoms with Gasteiger partial charge < -0.3 is 4.74 Å². The van der Waals surface area contributed by atoms with Crippen LogP contribution in [0.5, 0.6) is 0 Å². The van der Waals surface area contributed by atoms with Crippen molar-refractivity contribution in [3.05, 3.63) is 16.1 Å².